The average Bonchev–Trinajstić information content (AvgIpc) is 3.12. The predicted molar refractivity (Wildman–Crippen MR) is 71.9 cm³/mol. The van der Waals surface area contributed by atoms with E-state index in [1.54, 1.807) is 29.6 Å². The molecule has 0 saturated heterocycles. The fourth-order valence-electron chi connectivity index (χ4n) is 1.55. The Bertz CT molecular complexity index is 796. The molecule has 0 bridgehead atoms. The first-order valence-corrected chi connectivity index (χ1v) is 7.78. The molecule has 0 aliphatic carbocycles. The van der Waals surface area contributed by atoms with Gasteiger partial charge in [0.25, 0.3) is 0 Å². The Kier molecular flexibility index (Phi) is 3.25. The summed E-state index contributed by atoms with van der Waals surface area (Å²) in [6.07, 6.45) is 1.20. The third kappa shape index (κ3) is 2.56. The van der Waals surface area contributed by atoms with Crippen LogP contribution in [0.25, 0.3) is 11.5 Å². The van der Waals surface area contributed by atoms with Crippen LogP contribution in [-0.2, 0) is 10.1 Å². The summed E-state index contributed by atoms with van der Waals surface area (Å²) >= 11 is 1.10. The SMILES string of the molecule is O=S(=O)(Oc1cccc(-c2nnco2)c1)c1cccs1. The van der Waals surface area contributed by atoms with Gasteiger partial charge in [0.2, 0.25) is 12.3 Å². The molecule has 0 aliphatic heterocycles. The summed E-state index contributed by atoms with van der Waals surface area (Å²) in [5.74, 6) is 0.484. The van der Waals surface area contributed by atoms with E-state index in [-0.39, 0.29) is 9.96 Å². The van der Waals surface area contributed by atoms with Crippen LogP contribution in [0.15, 0.2) is 56.8 Å². The van der Waals surface area contributed by atoms with Crippen molar-refractivity contribution in [2.45, 2.75) is 4.21 Å². The highest BCUT2D eigenvalue weighted by Crippen LogP contribution is 2.26. The fraction of sp³-hybridized carbons (Fsp3) is 0. The van der Waals surface area contributed by atoms with Gasteiger partial charge in [-0.05, 0) is 29.6 Å². The van der Waals surface area contributed by atoms with Gasteiger partial charge in [0.1, 0.15) is 5.75 Å². The van der Waals surface area contributed by atoms with Crippen molar-refractivity contribution < 1.29 is 17.0 Å². The molecule has 0 spiro atoms. The zero-order valence-corrected chi connectivity index (χ0v) is 11.6. The molecule has 0 saturated carbocycles. The van der Waals surface area contributed by atoms with E-state index in [1.807, 2.05) is 0 Å². The Morgan fingerprint density at radius 2 is 2.10 bits per heavy atom. The molecule has 0 aliphatic rings. The van der Waals surface area contributed by atoms with Gasteiger partial charge in [-0.1, -0.05) is 12.1 Å². The smallest absolute Gasteiger partial charge is 0.348 e. The maximum Gasteiger partial charge on any atom is 0.348 e. The van der Waals surface area contributed by atoms with Crippen LogP contribution in [0.2, 0.25) is 0 Å². The summed E-state index contributed by atoms with van der Waals surface area (Å²) in [5, 5.41) is 9.00. The highest BCUT2D eigenvalue weighted by atomic mass is 32.3. The maximum absolute atomic E-state index is 12.0. The van der Waals surface area contributed by atoms with Crippen molar-refractivity contribution in [3.63, 3.8) is 0 Å². The highest BCUT2D eigenvalue weighted by molar-refractivity contribution is 7.89. The fourth-order valence-corrected chi connectivity index (χ4v) is 3.43. The van der Waals surface area contributed by atoms with Crippen LogP contribution >= 0.6 is 11.3 Å². The molecule has 0 amide bonds. The number of benzene rings is 1. The minimum Gasteiger partial charge on any atom is -0.423 e. The molecule has 0 N–H and O–H groups in total. The second-order valence-electron chi connectivity index (χ2n) is 3.74. The predicted octanol–water partition coefficient (Wildman–Crippen LogP) is 2.57. The van der Waals surface area contributed by atoms with Crippen molar-refractivity contribution >= 4 is 21.5 Å². The molecular weight excluding hydrogens is 300 g/mol. The first-order valence-electron chi connectivity index (χ1n) is 5.50. The molecule has 0 unspecified atom stereocenters. The Morgan fingerprint density at radius 3 is 2.80 bits per heavy atom. The molecule has 2 heterocycles. The summed E-state index contributed by atoms with van der Waals surface area (Å²) in [4.78, 5) is 0. The quantitative estimate of drug-likeness (QED) is 0.689. The molecule has 3 aromatic rings. The van der Waals surface area contributed by atoms with Crippen molar-refractivity contribution in [1.29, 1.82) is 0 Å². The topological polar surface area (TPSA) is 82.3 Å². The summed E-state index contributed by atoms with van der Waals surface area (Å²) < 4.78 is 34.3. The van der Waals surface area contributed by atoms with Crippen LogP contribution < -0.4 is 4.18 Å². The second kappa shape index (κ2) is 5.06. The van der Waals surface area contributed by atoms with Crippen LogP contribution in [0.5, 0.6) is 5.75 Å². The van der Waals surface area contributed by atoms with E-state index in [2.05, 4.69) is 10.2 Å². The van der Waals surface area contributed by atoms with Crippen LogP contribution in [0, 0.1) is 0 Å². The van der Waals surface area contributed by atoms with Gasteiger partial charge in [-0.3, -0.25) is 0 Å². The van der Waals surface area contributed by atoms with Gasteiger partial charge in [-0.15, -0.1) is 21.5 Å². The lowest BCUT2D eigenvalue weighted by atomic mass is 10.2. The van der Waals surface area contributed by atoms with Gasteiger partial charge in [0, 0.05) is 5.56 Å². The Labute approximate surface area is 118 Å². The Hall–Kier alpha value is -2.19. The van der Waals surface area contributed by atoms with Crippen molar-refractivity contribution in [3.05, 3.63) is 48.2 Å². The van der Waals surface area contributed by atoms with Crippen LogP contribution in [0.3, 0.4) is 0 Å². The molecule has 2 aromatic heterocycles. The lowest BCUT2D eigenvalue weighted by Gasteiger charge is -2.05. The van der Waals surface area contributed by atoms with E-state index in [0.717, 1.165) is 11.3 Å². The highest BCUT2D eigenvalue weighted by Gasteiger charge is 2.18. The van der Waals surface area contributed by atoms with Gasteiger partial charge in [0.05, 0.1) is 0 Å². The van der Waals surface area contributed by atoms with Crippen LogP contribution in [-0.4, -0.2) is 18.6 Å². The van der Waals surface area contributed by atoms with E-state index >= 15 is 0 Å². The number of thiophene rings is 1. The van der Waals surface area contributed by atoms with Gasteiger partial charge >= 0.3 is 10.1 Å². The van der Waals surface area contributed by atoms with Crippen LogP contribution in [0.1, 0.15) is 0 Å². The summed E-state index contributed by atoms with van der Waals surface area (Å²) in [5.41, 5.74) is 0.585. The Morgan fingerprint density at radius 1 is 1.20 bits per heavy atom. The number of rotatable bonds is 4. The van der Waals surface area contributed by atoms with Crippen molar-refractivity contribution in [3.8, 4) is 17.2 Å². The molecule has 1 aromatic carbocycles. The second-order valence-corrected chi connectivity index (χ2v) is 6.46. The number of hydrogen-bond acceptors (Lipinski definition) is 7. The molecule has 0 atom stereocenters. The van der Waals surface area contributed by atoms with E-state index < -0.39 is 10.1 Å². The molecule has 20 heavy (non-hydrogen) atoms. The van der Waals surface area contributed by atoms with Gasteiger partial charge in [-0.25, -0.2) is 0 Å². The summed E-state index contributed by atoms with van der Waals surface area (Å²) in [7, 11) is -3.80. The first kappa shape index (κ1) is 12.8. The third-order valence-electron chi connectivity index (χ3n) is 2.39. The zero-order valence-electron chi connectivity index (χ0n) is 9.96. The van der Waals surface area contributed by atoms with Gasteiger partial charge in [0.15, 0.2) is 4.21 Å². The largest absolute Gasteiger partial charge is 0.423 e. The zero-order chi connectivity index (χ0) is 14.0. The molecule has 0 radical (unpaired) electrons. The summed E-state index contributed by atoms with van der Waals surface area (Å²) in [6, 6.07) is 9.58. The number of hydrogen-bond donors (Lipinski definition) is 0. The minimum atomic E-state index is -3.80. The summed E-state index contributed by atoms with van der Waals surface area (Å²) in [6.45, 7) is 0. The van der Waals surface area contributed by atoms with Crippen molar-refractivity contribution in [2.24, 2.45) is 0 Å². The van der Waals surface area contributed by atoms with Crippen LogP contribution in [0.4, 0.5) is 0 Å². The minimum absolute atomic E-state index is 0.153. The normalized spacial score (nSPS) is 11.4. The van der Waals surface area contributed by atoms with Gasteiger partial charge < -0.3 is 8.60 Å². The third-order valence-corrected chi connectivity index (χ3v) is 4.99. The number of aromatic nitrogens is 2. The van der Waals surface area contributed by atoms with E-state index in [1.165, 1.54) is 18.5 Å². The molecule has 0 fully saturated rings. The standard InChI is InChI=1S/C12H8N2O4S2/c15-20(16,11-5-2-6-19-11)18-10-4-1-3-9(7-10)12-14-13-8-17-12/h1-8H. The van der Waals surface area contributed by atoms with E-state index in [4.69, 9.17) is 8.60 Å². The monoisotopic (exact) mass is 308 g/mol. The average molecular weight is 308 g/mol. The maximum atomic E-state index is 12.0. The van der Waals surface area contributed by atoms with Gasteiger partial charge in [-0.2, -0.15) is 8.42 Å². The van der Waals surface area contributed by atoms with E-state index in [9.17, 15) is 8.42 Å². The first-order chi connectivity index (χ1) is 9.65. The van der Waals surface area contributed by atoms with Crippen molar-refractivity contribution in [2.75, 3.05) is 0 Å². The lowest BCUT2D eigenvalue weighted by Crippen LogP contribution is -2.07. The molecule has 102 valence electrons. The van der Waals surface area contributed by atoms with E-state index in [0.29, 0.717) is 11.5 Å². The molecule has 3 rings (SSSR count). The lowest BCUT2D eigenvalue weighted by molar-refractivity contribution is 0.488. The Balaban J connectivity index is 1.91. The molecule has 8 heteroatoms. The molecule has 6 nitrogen and oxygen atoms in total. The molecular formula is C12H8N2O4S2. The number of nitrogens with zero attached hydrogens (tertiary/aromatic N) is 2. The van der Waals surface area contributed by atoms with Crippen molar-refractivity contribution in [1.82, 2.24) is 10.2 Å².